The normalized spacial score (nSPS) is 23.2. The molecule has 0 spiro atoms. The summed E-state index contributed by atoms with van der Waals surface area (Å²) in [4.78, 5) is 32.7. The zero-order valence-electron chi connectivity index (χ0n) is 14.7. The van der Waals surface area contributed by atoms with Gasteiger partial charge < -0.3 is 10.6 Å². The fourth-order valence-corrected chi connectivity index (χ4v) is 2.84. The summed E-state index contributed by atoms with van der Waals surface area (Å²) >= 11 is 0. The molecule has 9 heteroatoms. The zero-order chi connectivity index (χ0) is 18.2. The lowest BCUT2D eigenvalue weighted by molar-refractivity contribution is -0.445. The van der Waals surface area contributed by atoms with E-state index in [4.69, 9.17) is 25.1 Å². The number of hydrogen-bond donors (Lipinski definition) is 3. The van der Waals surface area contributed by atoms with Crippen molar-refractivity contribution in [2.45, 2.75) is 51.0 Å². The number of fused-ring (bicyclic) bond motifs is 1. The van der Waals surface area contributed by atoms with Crippen LogP contribution < -0.4 is 21.5 Å². The summed E-state index contributed by atoms with van der Waals surface area (Å²) in [5.41, 5.74) is 8.48. The maximum Gasteiger partial charge on any atom is 0.217 e. The first-order valence-corrected chi connectivity index (χ1v) is 9.01. The van der Waals surface area contributed by atoms with Crippen molar-refractivity contribution in [2.24, 2.45) is 5.73 Å². The maximum atomic E-state index is 10.7. The molecule has 1 aromatic rings. The Bertz CT molecular complexity index is 582. The number of carbonyl (C=O) groups excluding carboxylic acids is 1. The molecule has 2 aliphatic heterocycles. The summed E-state index contributed by atoms with van der Waals surface area (Å²) in [5.74, 6) is 0.494. The van der Waals surface area contributed by atoms with E-state index in [0.717, 1.165) is 43.5 Å². The lowest BCUT2D eigenvalue weighted by Crippen LogP contribution is -2.50. The van der Waals surface area contributed by atoms with E-state index < -0.39 is 6.23 Å². The van der Waals surface area contributed by atoms with E-state index in [0.29, 0.717) is 19.4 Å². The molecular formula is C17H26N4O5. The van der Waals surface area contributed by atoms with Crippen LogP contribution in [0.15, 0.2) is 24.3 Å². The Kier molecular flexibility index (Phi) is 7.18. The summed E-state index contributed by atoms with van der Waals surface area (Å²) in [6.45, 7) is 1.29. The summed E-state index contributed by atoms with van der Waals surface area (Å²) in [6.07, 6.45) is 4.18. The second-order valence-electron chi connectivity index (χ2n) is 6.28. The van der Waals surface area contributed by atoms with E-state index in [2.05, 4.69) is 11.0 Å². The molecule has 0 radical (unpaired) electrons. The number of rotatable bonds is 9. The molecule has 0 bridgehead atoms. The lowest BCUT2D eigenvalue weighted by Gasteiger charge is -2.38. The third-order valence-electron chi connectivity index (χ3n) is 4.22. The standard InChI is InChI=1S/C17H26N4O5/c18-15(22)9-3-1-2-6-11-19-17-13-7-4-5-8-14(13)25-21(26-17)16-10-12-23-20-24-16/h4-5,7-8,16-17,19-20H,1-3,6,9-12H2,(H2,18,22). The molecule has 2 heterocycles. The van der Waals surface area contributed by atoms with Gasteiger partial charge in [0.2, 0.25) is 5.91 Å². The number of benzene rings is 1. The highest BCUT2D eigenvalue weighted by Crippen LogP contribution is 2.33. The van der Waals surface area contributed by atoms with E-state index in [1.807, 2.05) is 24.3 Å². The number of hydrogen-bond acceptors (Lipinski definition) is 8. The predicted octanol–water partition coefficient (Wildman–Crippen LogP) is 1.43. The largest absolute Gasteiger partial charge is 0.377 e. The van der Waals surface area contributed by atoms with Crippen molar-refractivity contribution in [3.8, 4) is 5.75 Å². The zero-order valence-corrected chi connectivity index (χ0v) is 14.7. The minimum absolute atomic E-state index is 0.236. The third kappa shape index (κ3) is 5.37. The Labute approximate surface area is 152 Å². The molecule has 2 aliphatic rings. The van der Waals surface area contributed by atoms with Gasteiger partial charge in [0.05, 0.1) is 6.61 Å². The first-order chi connectivity index (χ1) is 12.7. The summed E-state index contributed by atoms with van der Waals surface area (Å²) in [5, 5.41) is 4.77. The molecule has 0 aliphatic carbocycles. The van der Waals surface area contributed by atoms with Crippen LogP contribution in [-0.2, 0) is 19.3 Å². The summed E-state index contributed by atoms with van der Waals surface area (Å²) in [6, 6.07) is 7.74. The second kappa shape index (κ2) is 9.81. The van der Waals surface area contributed by atoms with Crippen LogP contribution in [0.2, 0.25) is 0 Å². The first kappa shape index (κ1) is 19.0. The van der Waals surface area contributed by atoms with Gasteiger partial charge in [-0.3, -0.25) is 19.8 Å². The quantitative estimate of drug-likeness (QED) is 0.564. The van der Waals surface area contributed by atoms with Crippen molar-refractivity contribution in [1.29, 1.82) is 0 Å². The van der Waals surface area contributed by atoms with E-state index in [9.17, 15) is 4.79 Å². The van der Waals surface area contributed by atoms with Crippen molar-refractivity contribution in [2.75, 3.05) is 13.2 Å². The molecule has 1 fully saturated rings. The van der Waals surface area contributed by atoms with Crippen molar-refractivity contribution in [3.63, 3.8) is 0 Å². The number of carbonyl (C=O) groups is 1. The van der Waals surface area contributed by atoms with Crippen LogP contribution in [0.3, 0.4) is 0 Å². The molecule has 1 amide bonds. The Morgan fingerprint density at radius 2 is 2.12 bits per heavy atom. The van der Waals surface area contributed by atoms with Crippen molar-refractivity contribution in [1.82, 2.24) is 16.2 Å². The Morgan fingerprint density at radius 3 is 2.92 bits per heavy atom. The van der Waals surface area contributed by atoms with E-state index >= 15 is 0 Å². The molecule has 144 valence electrons. The Balaban J connectivity index is 1.49. The minimum atomic E-state index is -0.407. The van der Waals surface area contributed by atoms with Gasteiger partial charge in [0, 0.05) is 23.6 Å². The number of nitrogens with two attached hydrogens (primary N) is 1. The highest BCUT2D eigenvalue weighted by Gasteiger charge is 2.34. The average molecular weight is 366 g/mol. The molecule has 9 nitrogen and oxygen atoms in total. The first-order valence-electron chi connectivity index (χ1n) is 9.01. The number of hydroxylamine groups is 2. The number of amides is 1. The number of para-hydroxylation sites is 1. The van der Waals surface area contributed by atoms with Gasteiger partial charge in [0.1, 0.15) is 0 Å². The summed E-state index contributed by atoms with van der Waals surface area (Å²) in [7, 11) is 0. The maximum absolute atomic E-state index is 10.7. The third-order valence-corrected chi connectivity index (χ3v) is 4.22. The molecule has 2 atom stereocenters. The van der Waals surface area contributed by atoms with Gasteiger partial charge in [0.25, 0.3) is 0 Å². The van der Waals surface area contributed by atoms with Gasteiger partial charge in [-0.05, 0) is 25.5 Å². The Hall–Kier alpha value is -1.75. The van der Waals surface area contributed by atoms with Gasteiger partial charge in [-0.15, -0.1) is 0 Å². The molecule has 3 rings (SSSR count). The molecule has 0 saturated carbocycles. The highest BCUT2D eigenvalue weighted by atomic mass is 17.0. The van der Waals surface area contributed by atoms with Gasteiger partial charge in [-0.2, -0.15) is 0 Å². The lowest BCUT2D eigenvalue weighted by atomic mass is 10.1. The van der Waals surface area contributed by atoms with Gasteiger partial charge in [0.15, 0.2) is 18.2 Å². The molecule has 1 saturated heterocycles. The molecular weight excluding hydrogens is 340 g/mol. The minimum Gasteiger partial charge on any atom is -0.377 e. The van der Waals surface area contributed by atoms with Crippen LogP contribution in [0.1, 0.15) is 50.3 Å². The van der Waals surface area contributed by atoms with E-state index in [1.54, 1.807) is 0 Å². The van der Waals surface area contributed by atoms with Crippen LogP contribution in [0, 0.1) is 0 Å². The van der Waals surface area contributed by atoms with Gasteiger partial charge in [-0.25, -0.2) is 4.84 Å². The van der Waals surface area contributed by atoms with E-state index in [1.165, 1.54) is 5.23 Å². The predicted molar refractivity (Wildman–Crippen MR) is 91.6 cm³/mol. The van der Waals surface area contributed by atoms with Crippen LogP contribution in [0.4, 0.5) is 0 Å². The van der Waals surface area contributed by atoms with Crippen molar-refractivity contribution in [3.05, 3.63) is 29.8 Å². The number of unbranched alkanes of at least 4 members (excludes halogenated alkanes) is 3. The number of primary amides is 1. The molecule has 4 N–H and O–H groups in total. The smallest absolute Gasteiger partial charge is 0.217 e. The second-order valence-corrected chi connectivity index (χ2v) is 6.28. The van der Waals surface area contributed by atoms with Crippen LogP contribution >= 0.6 is 0 Å². The molecule has 2 unspecified atom stereocenters. The number of nitrogens with one attached hydrogen (secondary N) is 2. The summed E-state index contributed by atoms with van der Waals surface area (Å²) < 4.78 is 0. The Morgan fingerprint density at radius 1 is 1.27 bits per heavy atom. The monoisotopic (exact) mass is 366 g/mol. The fraction of sp³-hybridized carbons (Fsp3) is 0.588. The molecule has 26 heavy (non-hydrogen) atoms. The van der Waals surface area contributed by atoms with Crippen molar-refractivity contribution >= 4 is 5.91 Å². The SMILES string of the molecule is NC(=O)CCCCCCNC1ON(C2CCONO2)Oc2ccccc21. The number of nitrogens with zero attached hydrogens (tertiary/aromatic N) is 1. The van der Waals surface area contributed by atoms with Crippen LogP contribution in [0.25, 0.3) is 0 Å². The van der Waals surface area contributed by atoms with Crippen LogP contribution in [0.5, 0.6) is 5.75 Å². The van der Waals surface area contributed by atoms with Crippen LogP contribution in [-0.4, -0.2) is 30.5 Å². The van der Waals surface area contributed by atoms with E-state index in [-0.39, 0.29) is 12.1 Å². The topological polar surface area (TPSA) is 107 Å². The highest BCUT2D eigenvalue weighted by molar-refractivity contribution is 5.73. The van der Waals surface area contributed by atoms with Crippen molar-refractivity contribution < 1.29 is 24.1 Å². The van der Waals surface area contributed by atoms with Gasteiger partial charge in [-0.1, -0.05) is 36.7 Å². The molecule has 1 aromatic carbocycles. The fourth-order valence-electron chi connectivity index (χ4n) is 2.84. The van der Waals surface area contributed by atoms with Gasteiger partial charge >= 0.3 is 0 Å². The molecule has 0 aromatic heterocycles. The average Bonchev–Trinajstić information content (AvgIpc) is 2.67.